The van der Waals surface area contributed by atoms with Gasteiger partial charge < -0.3 is 9.84 Å². The Balaban J connectivity index is 2.03. The van der Waals surface area contributed by atoms with E-state index in [9.17, 15) is 9.90 Å². The van der Waals surface area contributed by atoms with Gasteiger partial charge in [-0.2, -0.15) is 0 Å². The summed E-state index contributed by atoms with van der Waals surface area (Å²) in [5.74, 6) is -0.137. The second-order valence-corrected chi connectivity index (χ2v) is 8.01. The van der Waals surface area contributed by atoms with E-state index in [0.717, 1.165) is 16.8 Å². The van der Waals surface area contributed by atoms with Gasteiger partial charge in [0.15, 0.2) is 0 Å². The molecule has 4 nitrogen and oxygen atoms in total. The predicted octanol–water partition coefficient (Wildman–Crippen LogP) is 6.53. The number of aromatic nitrogens is 1. The molecule has 3 rings (SSSR count). The van der Waals surface area contributed by atoms with E-state index in [1.54, 1.807) is 42.5 Å². The maximum atomic E-state index is 11.9. The normalized spacial score (nSPS) is 10.9. The lowest BCUT2D eigenvalue weighted by Crippen LogP contribution is -2.12. The molecule has 0 amide bonds. The molecule has 0 radical (unpaired) electrons. The smallest absolute Gasteiger partial charge is 0.337 e. The Kier molecular flexibility index (Phi) is 6.78. The predicted molar refractivity (Wildman–Crippen MR) is 116 cm³/mol. The molecule has 0 spiro atoms. The molecule has 0 saturated heterocycles. The number of pyridine rings is 1. The minimum Gasteiger partial charge on any atom is -0.487 e. The first kappa shape index (κ1) is 21.2. The van der Waals surface area contributed by atoms with Crippen molar-refractivity contribution in [3.63, 3.8) is 0 Å². The monoisotopic (exact) mass is 429 g/mol. The molecule has 0 atom stereocenters. The SMILES string of the molecule is CC(C)Cc1nc(COc2cccc(Cl)c2)c(C(=O)O)cc1-c1ccc(Cl)cc1. The van der Waals surface area contributed by atoms with Gasteiger partial charge in [0.2, 0.25) is 0 Å². The summed E-state index contributed by atoms with van der Waals surface area (Å²) >= 11 is 12.0. The Bertz CT molecular complexity index is 1020. The minimum atomic E-state index is -1.05. The second-order valence-electron chi connectivity index (χ2n) is 7.13. The summed E-state index contributed by atoms with van der Waals surface area (Å²) in [4.78, 5) is 16.6. The number of hydrogen-bond donors (Lipinski definition) is 1. The largest absolute Gasteiger partial charge is 0.487 e. The molecule has 0 aliphatic heterocycles. The van der Waals surface area contributed by atoms with Crippen LogP contribution in [-0.2, 0) is 13.0 Å². The lowest BCUT2D eigenvalue weighted by Gasteiger charge is -2.16. The van der Waals surface area contributed by atoms with E-state index in [1.165, 1.54) is 0 Å². The zero-order valence-corrected chi connectivity index (χ0v) is 17.7. The summed E-state index contributed by atoms with van der Waals surface area (Å²) in [6.07, 6.45) is 0.710. The Morgan fingerprint density at radius 1 is 1.03 bits per heavy atom. The van der Waals surface area contributed by atoms with Gasteiger partial charge in [-0.3, -0.25) is 4.98 Å². The Morgan fingerprint density at radius 3 is 2.38 bits per heavy atom. The minimum absolute atomic E-state index is 0.0357. The van der Waals surface area contributed by atoms with Crippen molar-refractivity contribution >= 4 is 29.2 Å². The van der Waals surface area contributed by atoms with Crippen LogP contribution in [0.5, 0.6) is 5.75 Å². The summed E-state index contributed by atoms with van der Waals surface area (Å²) in [5, 5.41) is 10.9. The molecule has 0 bridgehead atoms. The Hall–Kier alpha value is -2.56. The Morgan fingerprint density at radius 2 is 1.76 bits per heavy atom. The molecule has 0 aliphatic rings. The number of carboxylic acids is 1. The highest BCUT2D eigenvalue weighted by atomic mass is 35.5. The molecule has 0 saturated carbocycles. The fraction of sp³-hybridized carbons (Fsp3) is 0.217. The van der Waals surface area contributed by atoms with Crippen LogP contribution in [0.15, 0.2) is 54.6 Å². The summed E-state index contributed by atoms with van der Waals surface area (Å²) in [7, 11) is 0. The first-order chi connectivity index (χ1) is 13.8. The molecule has 0 unspecified atom stereocenters. The Labute approximate surface area is 180 Å². The van der Waals surface area contributed by atoms with Crippen LogP contribution < -0.4 is 4.74 Å². The summed E-state index contributed by atoms with van der Waals surface area (Å²) in [6, 6.07) is 16.0. The van der Waals surface area contributed by atoms with E-state index in [0.29, 0.717) is 33.8 Å². The van der Waals surface area contributed by atoms with Crippen LogP contribution in [0.4, 0.5) is 0 Å². The van der Waals surface area contributed by atoms with Crippen LogP contribution in [0.1, 0.15) is 35.6 Å². The highest BCUT2D eigenvalue weighted by Crippen LogP contribution is 2.29. The molecule has 3 aromatic rings. The molecule has 150 valence electrons. The number of carboxylic acid groups (broad SMARTS) is 1. The third-order valence-corrected chi connectivity index (χ3v) is 4.83. The van der Waals surface area contributed by atoms with Crippen molar-refractivity contribution in [3.05, 3.63) is 81.6 Å². The van der Waals surface area contributed by atoms with Crippen LogP contribution in [0.25, 0.3) is 11.1 Å². The number of ether oxygens (including phenoxy) is 1. The van der Waals surface area contributed by atoms with Crippen LogP contribution >= 0.6 is 23.2 Å². The molecule has 1 heterocycles. The van der Waals surface area contributed by atoms with Crippen molar-refractivity contribution in [2.45, 2.75) is 26.9 Å². The van der Waals surface area contributed by atoms with Gasteiger partial charge in [0.1, 0.15) is 12.4 Å². The number of benzene rings is 2. The lowest BCUT2D eigenvalue weighted by atomic mass is 9.95. The van der Waals surface area contributed by atoms with Crippen molar-refractivity contribution in [1.29, 1.82) is 0 Å². The fourth-order valence-electron chi connectivity index (χ4n) is 3.02. The van der Waals surface area contributed by atoms with Crippen molar-refractivity contribution in [1.82, 2.24) is 4.98 Å². The van der Waals surface area contributed by atoms with Gasteiger partial charge in [0.05, 0.1) is 11.3 Å². The fourth-order valence-corrected chi connectivity index (χ4v) is 3.33. The van der Waals surface area contributed by atoms with E-state index in [1.807, 2.05) is 12.1 Å². The van der Waals surface area contributed by atoms with Gasteiger partial charge in [-0.15, -0.1) is 0 Å². The quantitative estimate of drug-likeness (QED) is 0.463. The van der Waals surface area contributed by atoms with Gasteiger partial charge in [-0.25, -0.2) is 4.79 Å². The topological polar surface area (TPSA) is 59.4 Å². The molecule has 2 aromatic carbocycles. The van der Waals surface area contributed by atoms with E-state index >= 15 is 0 Å². The standard InChI is InChI=1S/C23H21Cl2NO3/c1-14(2)10-21-19(15-6-8-16(24)9-7-15)12-20(23(27)28)22(26-21)13-29-18-5-3-4-17(25)11-18/h3-9,11-12,14H,10,13H2,1-2H3,(H,27,28). The third kappa shape index (κ3) is 5.49. The summed E-state index contributed by atoms with van der Waals surface area (Å²) < 4.78 is 5.76. The molecule has 29 heavy (non-hydrogen) atoms. The van der Waals surface area contributed by atoms with Crippen molar-refractivity contribution in [2.75, 3.05) is 0 Å². The lowest BCUT2D eigenvalue weighted by molar-refractivity contribution is 0.0693. The van der Waals surface area contributed by atoms with Crippen LogP contribution in [0, 0.1) is 5.92 Å². The molecular weight excluding hydrogens is 409 g/mol. The van der Waals surface area contributed by atoms with Crippen molar-refractivity contribution in [2.24, 2.45) is 5.92 Å². The van der Waals surface area contributed by atoms with E-state index < -0.39 is 5.97 Å². The average molecular weight is 430 g/mol. The van der Waals surface area contributed by atoms with E-state index in [-0.39, 0.29) is 12.2 Å². The number of nitrogens with zero attached hydrogens (tertiary/aromatic N) is 1. The van der Waals surface area contributed by atoms with Gasteiger partial charge in [0.25, 0.3) is 0 Å². The van der Waals surface area contributed by atoms with Crippen LogP contribution in [0.3, 0.4) is 0 Å². The number of rotatable bonds is 7. The molecule has 1 aromatic heterocycles. The maximum Gasteiger partial charge on any atom is 0.337 e. The highest BCUT2D eigenvalue weighted by molar-refractivity contribution is 6.31. The molecule has 1 N–H and O–H groups in total. The third-order valence-electron chi connectivity index (χ3n) is 4.34. The van der Waals surface area contributed by atoms with Gasteiger partial charge >= 0.3 is 5.97 Å². The van der Waals surface area contributed by atoms with Crippen molar-refractivity contribution < 1.29 is 14.6 Å². The first-order valence-electron chi connectivity index (χ1n) is 9.24. The molecule has 0 fully saturated rings. The maximum absolute atomic E-state index is 11.9. The number of hydrogen-bond acceptors (Lipinski definition) is 3. The van der Waals surface area contributed by atoms with Gasteiger partial charge in [0, 0.05) is 21.3 Å². The highest BCUT2D eigenvalue weighted by Gasteiger charge is 2.19. The van der Waals surface area contributed by atoms with Crippen LogP contribution in [-0.4, -0.2) is 16.1 Å². The van der Waals surface area contributed by atoms with E-state index in [2.05, 4.69) is 13.8 Å². The zero-order valence-electron chi connectivity index (χ0n) is 16.2. The van der Waals surface area contributed by atoms with Gasteiger partial charge in [-0.1, -0.05) is 55.2 Å². The van der Waals surface area contributed by atoms with Gasteiger partial charge in [-0.05, 0) is 54.3 Å². The second kappa shape index (κ2) is 9.29. The summed E-state index contributed by atoms with van der Waals surface area (Å²) in [6.45, 7) is 4.23. The first-order valence-corrected chi connectivity index (χ1v) is 9.99. The van der Waals surface area contributed by atoms with Crippen LogP contribution in [0.2, 0.25) is 10.0 Å². The molecule has 0 aliphatic carbocycles. The zero-order chi connectivity index (χ0) is 21.0. The van der Waals surface area contributed by atoms with E-state index in [4.69, 9.17) is 32.9 Å². The number of aromatic carboxylic acids is 1. The molecular formula is C23H21Cl2NO3. The number of halogens is 2. The van der Waals surface area contributed by atoms with Crippen molar-refractivity contribution in [3.8, 4) is 16.9 Å². The number of carbonyl (C=O) groups is 1. The average Bonchev–Trinajstić information content (AvgIpc) is 2.66. The molecule has 6 heteroatoms. The summed E-state index contributed by atoms with van der Waals surface area (Å²) in [5.41, 5.74) is 2.99.